The van der Waals surface area contributed by atoms with E-state index in [0.717, 1.165) is 0 Å². The van der Waals surface area contributed by atoms with E-state index in [2.05, 4.69) is 9.97 Å². The second-order valence-electron chi connectivity index (χ2n) is 4.72. The highest BCUT2D eigenvalue weighted by Gasteiger charge is 2.21. The quantitative estimate of drug-likeness (QED) is 0.582. The van der Waals surface area contributed by atoms with E-state index in [9.17, 15) is 13.2 Å². The lowest BCUT2D eigenvalue weighted by atomic mass is 10.3. The molecule has 2 heterocycles. The SMILES string of the molecule is CCN(CC)S(=O)(=O)c1ccc(SCC(=O)c2ccc[nH]2)nc1. The van der Waals surface area contributed by atoms with Crippen molar-refractivity contribution in [2.45, 2.75) is 23.8 Å². The highest BCUT2D eigenvalue weighted by atomic mass is 32.2. The number of aromatic amines is 1. The lowest BCUT2D eigenvalue weighted by molar-refractivity contribution is 0.101. The number of rotatable bonds is 8. The zero-order valence-corrected chi connectivity index (χ0v) is 14.7. The van der Waals surface area contributed by atoms with Crippen molar-refractivity contribution in [3.8, 4) is 0 Å². The van der Waals surface area contributed by atoms with Crippen molar-refractivity contribution in [2.75, 3.05) is 18.8 Å². The van der Waals surface area contributed by atoms with Gasteiger partial charge >= 0.3 is 0 Å². The lowest BCUT2D eigenvalue weighted by Gasteiger charge is -2.18. The Morgan fingerprint density at radius 3 is 2.52 bits per heavy atom. The summed E-state index contributed by atoms with van der Waals surface area (Å²) in [5, 5.41) is 0.614. The first-order valence-corrected chi connectivity index (χ1v) is 9.67. The molecule has 0 atom stereocenters. The van der Waals surface area contributed by atoms with Crippen molar-refractivity contribution >= 4 is 27.6 Å². The molecule has 2 aromatic rings. The zero-order valence-electron chi connectivity index (χ0n) is 13.0. The van der Waals surface area contributed by atoms with Crippen LogP contribution < -0.4 is 0 Å². The number of carbonyl (C=O) groups is 1. The summed E-state index contributed by atoms with van der Waals surface area (Å²) < 4.78 is 26.1. The molecule has 124 valence electrons. The van der Waals surface area contributed by atoms with E-state index < -0.39 is 10.0 Å². The number of hydrogen-bond donors (Lipinski definition) is 1. The predicted octanol–water partition coefficient (Wildman–Crippen LogP) is 2.42. The van der Waals surface area contributed by atoms with Crippen molar-refractivity contribution in [3.05, 3.63) is 42.4 Å². The van der Waals surface area contributed by atoms with Crippen LogP contribution in [0.5, 0.6) is 0 Å². The van der Waals surface area contributed by atoms with Crippen LogP contribution in [0.1, 0.15) is 24.3 Å². The van der Waals surface area contributed by atoms with Gasteiger partial charge in [-0.25, -0.2) is 13.4 Å². The number of thioether (sulfide) groups is 1. The van der Waals surface area contributed by atoms with Crippen LogP contribution in [0.4, 0.5) is 0 Å². The fourth-order valence-corrected chi connectivity index (χ4v) is 4.17. The highest BCUT2D eigenvalue weighted by molar-refractivity contribution is 7.99. The lowest BCUT2D eigenvalue weighted by Crippen LogP contribution is -2.30. The summed E-state index contributed by atoms with van der Waals surface area (Å²) in [6.07, 6.45) is 3.04. The minimum Gasteiger partial charge on any atom is -0.359 e. The summed E-state index contributed by atoms with van der Waals surface area (Å²) in [5.41, 5.74) is 0.554. The number of hydrogen-bond acceptors (Lipinski definition) is 5. The Morgan fingerprint density at radius 2 is 2.00 bits per heavy atom. The van der Waals surface area contributed by atoms with Crippen molar-refractivity contribution in [2.24, 2.45) is 0 Å². The molecule has 0 radical (unpaired) electrons. The average Bonchev–Trinajstić information content (AvgIpc) is 3.08. The van der Waals surface area contributed by atoms with Crippen LogP contribution >= 0.6 is 11.8 Å². The van der Waals surface area contributed by atoms with Gasteiger partial charge < -0.3 is 4.98 Å². The number of carbonyl (C=O) groups excluding carboxylic acids is 1. The van der Waals surface area contributed by atoms with Gasteiger partial charge in [0, 0.05) is 25.5 Å². The molecular formula is C15H19N3O3S2. The van der Waals surface area contributed by atoms with Crippen LogP contribution in [0, 0.1) is 0 Å². The van der Waals surface area contributed by atoms with Crippen LogP contribution in [-0.4, -0.2) is 47.3 Å². The molecule has 8 heteroatoms. The monoisotopic (exact) mass is 353 g/mol. The Labute approximate surface area is 140 Å². The molecule has 0 aliphatic rings. The molecule has 0 unspecified atom stereocenters. The van der Waals surface area contributed by atoms with Crippen LogP contribution in [-0.2, 0) is 10.0 Å². The molecule has 2 aromatic heterocycles. The molecule has 0 aliphatic heterocycles. The molecule has 0 spiro atoms. The van der Waals surface area contributed by atoms with Gasteiger partial charge in [-0.05, 0) is 24.3 Å². The molecule has 0 amide bonds. The smallest absolute Gasteiger partial charge is 0.244 e. The van der Waals surface area contributed by atoms with E-state index in [-0.39, 0.29) is 16.4 Å². The molecule has 2 rings (SSSR count). The zero-order chi connectivity index (χ0) is 16.9. The third kappa shape index (κ3) is 4.21. The Bertz CT molecular complexity index is 737. The largest absolute Gasteiger partial charge is 0.359 e. The topological polar surface area (TPSA) is 83.1 Å². The van der Waals surface area contributed by atoms with Gasteiger partial charge in [0.25, 0.3) is 0 Å². The number of nitrogens with one attached hydrogen (secondary N) is 1. The van der Waals surface area contributed by atoms with E-state index >= 15 is 0 Å². The fourth-order valence-electron chi connectivity index (χ4n) is 2.04. The summed E-state index contributed by atoms with van der Waals surface area (Å²) in [6, 6.07) is 6.64. The van der Waals surface area contributed by atoms with Crippen molar-refractivity contribution in [1.82, 2.24) is 14.3 Å². The molecule has 0 saturated carbocycles. The maximum absolute atomic E-state index is 12.3. The Kier molecular flexibility index (Phi) is 5.97. The fraction of sp³-hybridized carbons (Fsp3) is 0.333. The van der Waals surface area contributed by atoms with E-state index in [1.807, 2.05) is 0 Å². The second-order valence-corrected chi connectivity index (χ2v) is 7.65. The standard InChI is InChI=1S/C15H19N3O3S2/c1-3-18(4-2)23(20,21)12-7-8-15(17-10-12)22-11-14(19)13-6-5-9-16-13/h5-10,16H,3-4,11H2,1-2H3. The third-order valence-electron chi connectivity index (χ3n) is 3.30. The van der Waals surface area contributed by atoms with Gasteiger partial charge in [-0.15, -0.1) is 0 Å². The third-order valence-corrected chi connectivity index (χ3v) is 6.28. The van der Waals surface area contributed by atoms with Gasteiger partial charge in [0.05, 0.1) is 16.5 Å². The maximum atomic E-state index is 12.3. The van der Waals surface area contributed by atoms with Gasteiger partial charge in [-0.3, -0.25) is 4.79 Å². The van der Waals surface area contributed by atoms with E-state index in [0.29, 0.717) is 23.8 Å². The minimum atomic E-state index is -3.50. The van der Waals surface area contributed by atoms with Crippen LogP contribution in [0.3, 0.4) is 0 Å². The molecular weight excluding hydrogens is 334 g/mol. The highest BCUT2D eigenvalue weighted by Crippen LogP contribution is 2.20. The number of H-pyrrole nitrogens is 1. The predicted molar refractivity (Wildman–Crippen MR) is 90.2 cm³/mol. The summed E-state index contributed by atoms with van der Waals surface area (Å²) in [5.74, 6) is 0.219. The summed E-state index contributed by atoms with van der Waals surface area (Å²) in [4.78, 5) is 19.1. The van der Waals surface area contributed by atoms with Crippen molar-refractivity contribution in [1.29, 1.82) is 0 Å². The average molecular weight is 353 g/mol. The Hall–Kier alpha value is -1.64. The molecule has 0 fully saturated rings. The Morgan fingerprint density at radius 1 is 1.26 bits per heavy atom. The number of pyridine rings is 1. The number of aromatic nitrogens is 2. The minimum absolute atomic E-state index is 0.0263. The molecule has 0 bridgehead atoms. The molecule has 23 heavy (non-hydrogen) atoms. The van der Waals surface area contributed by atoms with Crippen LogP contribution in [0.2, 0.25) is 0 Å². The Balaban J connectivity index is 2.04. The van der Waals surface area contributed by atoms with Crippen molar-refractivity contribution in [3.63, 3.8) is 0 Å². The van der Waals surface area contributed by atoms with Gasteiger partial charge in [0.1, 0.15) is 4.90 Å². The van der Waals surface area contributed by atoms with E-state index in [1.165, 1.54) is 28.3 Å². The van der Waals surface area contributed by atoms with Gasteiger partial charge in [-0.2, -0.15) is 4.31 Å². The number of Topliss-reactive ketones (excluding diaryl/α,β-unsaturated/α-hetero) is 1. The van der Waals surface area contributed by atoms with Crippen LogP contribution in [0.15, 0.2) is 46.6 Å². The number of sulfonamides is 1. The summed E-state index contributed by atoms with van der Waals surface area (Å²) in [7, 11) is -3.50. The first-order chi connectivity index (χ1) is 11.0. The molecule has 1 N–H and O–H groups in total. The molecule has 0 aliphatic carbocycles. The molecule has 6 nitrogen and oxygen atoms in total. The second kappa shape index (κ2) is 7.76. The molecule has 0 saturated heterocycles. The number of ketones is 1. The maximum Gasteiger partial charge on any atom is 0.244 e. The normalized spacial score (nSPS) is 11.8. The summed E-state index contributed by atoms with van der Waals surface area (Å²) >= 11 is 1.28. The molecule has 0 aromatic carbocycles. The van der Waals surface area contributed by atoms with E-state index in [4.69, 9.17) is 0 Å². The van der Waals surface area contributed by atoms with Crippen molar-refractivity contribution < 1.29 is 13.2 Å². The van der Waals surface area contributed by atoms with Gasteiger partial charge in [0.15, 0.2) is 5.78 Å². The first kappa shape index (κ1) is 17.7. The number of nitrogens with zero attached hydrogens (tertiary/aromatic N) is 2. The van der Waals surface area contributed by atoms with Crippen LogP contribution in [0.25, 0.3) is 0 Å². The van der Waals surface area contributed by atoms with E-state index in [1.54, 1.807) is 38.2 Å². The first-order valence-electron chi connectivity index (χ1n) is 7.24. The van der Waals surface area contributed by atoms with Gasteiger partial charge in [0.2, 0.25) is 10.0 Å². The summed E-state index contributed by atoms with van der Waals surface area (Å²) in [6.45, 7) is 4.43. The van der Waals surface area contributed by atoms with Gasteiger partial charge in [-0.1, -0.05) is 25.6 Å².